The number of hydrogen-bond donors (Lipinski definition) is 1. The van der Waals surface area contributed by atoms with E-state index < -0.39 is 0 Å². The highest BCUT2D eigenvalue weighted by molar-refractivity contribution is 6.42. The topological polar surface area (TPSA) is 53.1 Å². The predicted octanol–water partition coefficient (Wildman–Crippen LogP) is 3.22. The Bertz CT molecular complexity index is 608. The first-order valence-electron chi connectivity index (χ1n) is 6.48. The van der Waals surface area contributed by atoms with E-state index in [1.807, 2.05) is 16.7 Å². The molecule has 0 spiro atoms. The van der Waals surface area contributed by atoms with Gasteiger partial charge in [0.2, 0.25) is 0 Å². The van der Waals surface area contributed by atoms with E-state index in [-0.39, 0.29) is 6.04 Å². The summed E-state index contributed by atoms with van der Waals surface area (Å²) < 4.78 is 7.36. The van der Waals surface area contributed by atoms with E-state index in [1.54, 1.807) is 18.6 Å². The van der Waals surface area contributed by atoms with Crippen molar-refractivity contribution in [1.29, 1.82) is 0 Å². The summed E-state index contributed by atoms with van der Waals surface area (Å²) in [5, 5.41) is 1.05. The largest absolute Gasteiger partial charge is 0.381 e. The molecule has 1 saturated heterocycles. The molecule has 106 valence electrons. The number of rotatable bonds is 3. The minimum absolute atomic E-state index is 0.102. The standard InChI is InChI=1S/C14H15Cl2N3O/c15-11-2-1-10(5-12(11)16)19-8-18-6-13(19)14(17)9-3-4-20-7-9/h1-2,5-6,8-9,14H,3-4,7,17H2. The minimum atomic E-state index is -0.102. The predicted molar refractivity (Wildman–Crippen MR) is 79.4 cm³/mol. The number of nitrogens with zero attached hydrogens (tertiary/aromatic N) is 2. The zero-order chi connectivity index (χ0) is 14.1. The smallest absolute Gasteiger partial charge is 0.0994 e. The average Bonchev–Trinajstić information content (AvgIpc) is 3.11. The molecule has 1 aromatic heterocycles. The maximum Gasteiger partial charge on any atom is 0.0994 e. The Kier molecular flexibility index (Phi) is 3.98. The number of nitrogens with two attached hydrogens (primary N) is 1. The Hall–Kier alpha value is -1.07. The van der Waals surface area contributed by atoms with Gasteiger partial charge in [-0.05, 0) is 24.6 Å². The first-order valence-corrected chi connectivity index (χ1v) is 7.23. The van der Waals surface area contributed by atoms with E-state index in [2.05, 4.69) is 4.98 Å². The van der Waals surface area contributed by atoms with Crippen LogP contribution in [0.4, 0.5) is 0 Å². The van der Waals surface area contributed by atoms with E-state index in [1.165, 1.54) is 0 Å². The van der Waals surface area contributed by atoms with Crippen molar-refractivity contribution in [3.05, 3.63) is 46.5 Å². The highest BCUT2D eigenvalue weighted by Crippen LogP contribution is 2.30. The molecule has 0 bridgehead atoms. The van der Waals surface area contributed by atoms with Gasteiger partial charge in [0.15, 0.2) is 0 Å². The summed E-state index contributed by atoms with van der Waals surface area (Å²) in [5.41, 5.74) is 8.21. The Labute approximate surface area is 127 Å². The van der Waals surface area contributed by atoms with Crippen LogP contribution < -0.4 is 5.73 Å². The molecule has 0 aliphatic carbocycles. The molecule has 2 unspecified atom stereocenters. The molecule has 1 aliphatic heterocycles. The minimum Gasteiger partial charge on any atom is -0.381 e. The third-order valence-corrected chi connectivity index (χ3v) is 4.40. The molecule has 2 N–H and O–H groups in total. The molecule has 0 amide bonds. The third-order valence-electron chi connectivity index (χ3n) is 3.66. The monoisotopic (exact) mass is 311 g/mol. The first kappa shape index (κ1) is 13.9. The maximum atomic E-state index is 6.35. The van der Waals surface area contributed by atoms with E-state index in [4.69, 9.17) is 33.7 Å². The van der Waals surface area contributed by atoms with Crippen LogP contribution in [0.2, 0.25) is 10.0 Å². The molecule has 1 fully saturated rings. The van der Waals surface area contributed by atoms with E-state index in [0.717, 1.165) is 24.4 Å². The Morgan fingerprint density at radius 3 is 2.90 bits per heavy atom. The molecule has 1 aromatic carbocycles. The van der Waals surface area contributed by atoms with Crippen molar-refractivity contribution in [2.45, 2.75) is 12.5 Å². The lowest BCUT2D eigenvalue weighted by atomic mass is 9.97. The van der Waals surface area contributed by atoms with Crippen LogP contribution in [0.3, 0.4) is 0 Å². The molecule has 0 saturated carbocycles. The van der Waals surface area contributed by atoms with E-state index in [0.29, 0.717) is 22.6 Å². The van der Waals surface area contributed by atoms with Gasteiger partial charge in [0.25, 0.3) is 0 Å². The number of ether oxygens (including phenoxy) is 1. The summed E-state index contributed by atoms with van der Waals surface area (Å²) in [5.74, 6) is 0.327. The van der Waals surface area contributed by atoms with Crippen LogP contribution in [0.5, 0.6) is 0 Å². The molecular weight excluding hydrogens is 297 g/mol. The normalized spacial score (nSPS) is 20.2. The van der Waals surface area contributed by atoms with Crippen molar-refractivity contribution in [2.24, 2.45) is 11.7 Å². The number of aromatic nitrogens is 2. The molecular formula is C14H15Cl2N3O. The summed E-state index contributed by atoms with van der Waals surface area (Å²) in [7, 11) is 0. The second-order valence-corrected chi connectivity index (χ2v) is 5.75. The summed E-state index contributed by atoms with van der Waals surface area (Å²) in [4.78, 5) is 4.21. The SMILES string of the molecule is NC(c1cncn1-c1ccc(Cl)c(Cl)c1)C1CCOC1. The van der Waals surface area contributed by atoms with Crippen LogP contribution in [0, 0.1) is 5.92 Å². The lowest BCUT2D eigenvalue weighted by molar-refractivity contribution is 0.180. The zero-order valence-corrected chi connectivity index (χ0v) is 12.3. The Balaban J connectivity index is 1.94. The van der Waals surface area contributed by atoms with Crippen molar-refractivity contribution in [1.82, 2.24) is 9.55 Å². The van der Waals surface area contributed by atoms with Gasteiger partial charge in [-0.25, -0.2) is 4.98 Å². The number of benzene rings is 1. The molecule has 20 heavy (non-hydrogen) atoms. The Morgan fingerprint density at radius 2 is 2.20 bits per heavy atom. The summed E-state index contributed by atoms with van der Waals surface area (Å²) in [6, 6.07) is 5.38. The summed E-state index contributed by atoms with van der Waals surface area (Å²) in [6.45, 7) is 1.48. The zero-order valence-electron chi connectivity index (χ0n) is 10.8. The van der Waals surface area contributed by atoms with Crippen molar-refractivity contribution < 1.29 is 4.74 Å². The van der Waals surface area contributed by atoms with Gasteiger partial charge in [-0.15, -0.1) is 0 Å². The van der Waals surface area contributed by atoms with Crippen LogP contribution in [-0.2, 0) is 4.74 Å². The fourth-order valence-electron chi connectivity index (χ4n) is 2.48. The number of imidazole rings is 1. The first-order chi connectivity index (χ1) is 9.66. The van der Waals surface area contributed by atoms with Gasteiger partial charge in [0.05, 0.1) is 40.9 Å². The van der Waals surface area contributed by atoms with Crippen molar-refractivity contribution in [3.63, 3.8) is 0 Å². The van der Waals surface area contributed by atoms with Gasteiger partial charge in [0, 0.05) is 18.2 Å². The van der Waals surface area contributed by atoms with Gasteiger partial charge in [-0.3, -0.25) is 0 Å². The second-order valence-electron chi connectivity index (χ2n) is 4.94. The van der Waals surface area contributed by atoms with E-state index >= 15 is 0 Å². The molecule has 3 rings (SSSR count). The van der Waals surface area contributed by atoms with Crippen molar-refractivity contribution in [2.75, 3.05) is 13.2 Å². The molecule has 2 heterocycles. The average molecular weight is 312 g/mol. The second kappa shape index (κ2) is 5.74. The third kappa shape index (κ3) is 2.56. The fourth-order valence-corrected chi connectivity index (χ4v) is 2.77. The quantitative estimate of drug-likeness (QED) is 0.947. The molecule has 2 aromatic rings. The van der Waals surface area contributed by atoms with Crippen LogP contribution in [0.15, 0.2) is 30.7 Å². The fraction of sp³-hybridized carbons (Fsp3) is 0.357. The highest BCUT2D eigenvalue weighted by Gasteiger charge is 2.26. The van der Waals surface area contributed by atoms with Crippen LogP contribution in [0.25, 0.3) is 5.69 Å². The van der Waals surface area contributed by atoms with Crippen LogP contribution in [-0.4, -0.2) is 22.8 Å². The Morgan fingerprint density at radius 1 is 1.35 bits per heavy atom. The molecule has 2 atom stereocenters. The van der Waals surface area contributed by atoms with Crippen molar-refractivity contribution >= 4 is 23.2 Å². The molecule has 1 aliphatic rings. The van der Waals surface area contributed by atoms with Gasteiger partial charge in [-0.1, -0.05) is 23.2 Å². The van der Waals surface area contributed by atoms with Gasteiger partial charge >= 0.3 is 0 Å². The highest BCUT2D eigenvalue weighted by atomic mass is 35.5. The number of hydrogen-bond acceptors (Lipinski definition) is 3. The van der Waals surface area contributed by atoms with Gasteiger partial charge in [-0.2, -0.15) is 0 Å². The maximum absolute atomic E-state index is 6.35. The van der Waals surface area contributed by atoms with Crippen molar-refractivity contribution in [3.8, 4) is 5.69 Å². The van der Waals surface area contributed by atoms with Gasteiger partial charge < -0.3 is 15.0 Å². The molecule has 4 nitrogen and oxygen atoms in total. The lowest BCUT2D eigenvalue weighted by Gasteiger charge is -2.19. The van der Waals surface area contributed by atoms with Crippen LogP contribution in [0.1, 0.15) is 18.2 Å². The summed E-state index contributed by atoms with van der Waals surface area (Å²) >= 11 is 12.0. The number of halogens is 2. The summed E-state index contributed by atoms with van der Waals surface area (Å²) in [6.07, 6.45) is 4.52. The van der Waals surface area contributed by atoms with E-state index in [9.17, 15) is 0 Å². The van der Waals surface area contributed by atoms with Crippen LogP contribution >= 0.6 is 23.2 Å². The van der Waals surface area contributed by atoms with Gasteiger partial charge in [0.1, 0.15) is 0 Å². The molecule has 0 radical (unpaired) electrons. The molecule has 6 heteroatoms. The lowest BCUT2D eigenvalue weighted by Crippen LogP contribution is -2.24.